The van der Waals surface area contributed by atoms with Crippen LogP contribution in [-0.2, 0) is 34.1 Å². The summed E-state index contributed by atoms with van der Waals surface area (Å²) in [5, 5.41) is 3.47. The molecule has 6 nitrogen and oxygen atoms in total. The Morgan fingerprint density at radius 2 is 1.79 bits per heavy atom. The number of thiazole rings is 1. The standard InChI is InChI=1S/C25H28FN3O3S2/c1-4-34(31,32)20-11-7-17(8-12-20)13-22(30)27-25-28-23-21(33-25)15-29(24(23)16(2)3)14-18-5-9-19(26)10-6-18/h5-12,16,24H,4,13-15H2,1-3H3,(H,27,28,30)/t24-/m0/s1. The number of halogens is 1. The highest BCUT2D eigenvalue weighted by molar-refractivity contribution is 7.91. The van der Waals surface area contributed by atoms with E-state index in [1.807, 2.05) is 12.1 Å². The fraction of sp³-hybridized carbons (Fsp3) is 0.360. The molecule has 1 amide bonds. The third-order valence-electron chi connectivity index (χ3n) is 5.95. The molecular weight excluding hydrogens is 473 g/mol. The molecule has 0 fully saturated rings. The molecule has 9 heteroatoms. The maximum atomic E-state index is 13.3. The summed E-state index contributed by atoms with van der Waals surface area (Å²) in [6.45, 7) is 7.34. The molecule has 3 aromatic rings. The van der Waals surface area contributed by atoms with Crippen molar-refractivity contribution in [2.45, 2.75) is 51.2 Å². The van der Waals surface area contributed by atoms with Gasteiger partial charge in [-0.15, -0.1) is 11.3 Å². The van der Waals surface area contributed by atoms with Crippen molar-refractivity contribution in [3.8, 4) is 0 Å². The summed E-state index contributed by atoms with van der Waals surface area (Å²) >= 11 is 1.48. The lowest BCUT2D eigenvalue weighted by Crippen LogP contribution is -2.26. The Bertz CT molecular complexity index is 1270. The molecule has 0 spiro atoms. The van der Waals surface area contributed by atoms with Gasteiger partial charge in [0.05, 0.1) is 28.8 Å². The summed E-state index contributed by atoms with van der Waals surface area (Å²) in [4.78, 5) is 21.1. The van der Waals surface area contributed by atoms with Crippen molar-refractivity contribution in [3.05, 3.63) is 76.0 Å². The van der Waals surface area contributed by atoms with Crippen molar-refractivity contribution in [1.29, 1.82) is 0 Å². The molecule has 180 valence electrons. The first-order chi connectivity index (χ1) is 16.2. The molecule has 2 heterocycles. The van der Waals surface area contributed by atoms with Crippen molar-refractivity contribution in [3.63, 3.8) is 0 Å². The number of sulfone groups is 1. The van der Waals surface area contributed by atoms with Gasteiger partial charge in [-0.1, -0.05) is 45.0 Å². The largest absolute Gasteiger partial charge is 0.302 e. The Hall–Kier alpha value is -2.62. The van der Waals surface area contributed by atoms with Crippen molar-refractivity contribution in [2.75, 3.05) is 11.1 Å². The molecule has 0 saturated heterocycles. The van der Waals surface area contributed by atoms with Crippen LogP contribution in [0.2, 0.25) is 0 Å². The molecule has 0 bridgehead atoms. The van der Waals surface area contributed by atoms with E-state index in [2.05, 4.69) is 24.1 Å². The number of fused-ring (bicyclic) bond motifs is 1. The zero-order valence-electron chi connectivity index (χ0n) is 19.4. The van der Waals surface area contributed by atoms with E-state index in [-0.39, 0.29) is 34.8 Å². The van der Waals surface area contributed by atoms with Crippen molar-refractivity contribution < 1.29 is 17.6 Å². The SMILES string of the molecule is CCS(=O)(=O)c1ccc(CC(=O)Nc2nc3c(s2)CN(Cc2ccc(F)cc2)[C@H]3C(C)C)cc1. The molecule has 4 rings (SSSR count). The van der Waals surface area contributed by atoms with Crippen molar-refractivity contribution >= 4 is 32.2 Å². The van der Waals surface area contributed by atoms with Crippen molar-refractivity contribution in [2.24, 2.45) is 5.92 Å². The van der Waals surface area contributed by atoms with Crippen LogP contribution in [-0.4, -0.2) is 30.0 Å². The highest BCUT2D eigenvalue weighted by Crippen LogP contribution is 2.43. The predicted octanol–water partition coefficient (Wildman–Crippen LogP) is 4.97. The van der Waals surface area contributed by atoms with E-state index in [0.29, 0.717) is 17.6 Å². The lowest BCUT2D eigenvalue weighted by molar-refractivity contribution is -0.115. The molecule has 1 aliphatic heterocycles. The molecule has 1 aliphatic rings. The van der Waals surface area contributed by atoms with Gasteiger partial charge in [0, 0.05) is 18.0 Å². The molecule has 0 saturated carbocycles. The molecule has 2 aromatic carbocycles. The molecule has 1 aromatic heterocycles. The number of nitrogens with one attached hydrogen (secondary N) is 1. The maximum Gasteiger partial charge on any atom is 0.230 e. The van der Waals surface area contributed by atoms with E-state index >= 15 is 0 Å². The first-order valence-corrected chi connectivity index (χ1v) is 13.7. The summed E-state index contributed by atoms with van der Waals surface area (Å²) < 4.78 is 37.2. The zero-order valence-corrected chi connectivity index (χ0v) is 21.0. The number of carbonyl (C=O) groups excluding carboxylic acids is 1. The Morgan fingerprint density at radius 1 is 1.15 bits per heavy atom. The van der Waals surface area contributed by atoms with Gasteiger partial charge in [0.1, 0.15) is 5.82 Å². The highest BCUT2D eigenvalue weighted by atomic mass is 32.2. The normalized spacial score (nSPS) is 16.1. The van der Waals surface area contributed by atoms with Crippen LogP contribution in [0, 0.1) is 11.7 Å². The van der Waals surface area contributed by atoms with Gasteiger partial charge in [0.15, 0.2) is 15.0 Å². The summed E-state index contributed by atoms with van der Waals surface area (Å²) in [5.74, 6) is -0.0676. The maximum absolute atomic E-state index is 13.3. The third-order valence-corrected chi connectivity index (χ3v) is 8.67. The van der Waals surface area contributed by atoms with Gasteiger partial charge in [0.2, 0.25) is 5.91 Å². The Morgan fingerprint density at radius 3 is 2.41 bits per heavy atom. The Balaban J connectivity index is 1.41. The quantitative estimate of drug-likeness (QED) is 0.471. The molecule has 0 aliphatic carbocycles. The van der Waals surface area contributed by atoms with E-state index in [0.717, 1.165) is 28.2 Å². The average molecular weight is 502 g/mol. The van der Waals surface area contributed by atoms with Gasteiger partial charge in [-0.25, -0.2) is 17.8 Å². The topological polar surface area (TPSA) is 79.4 Å². The summed E-state index contributed by atoms with van der Waals surface area (Å²) in [5.41, 5.74) is 2.78. The van der Waals surface area contributed by atoms with E-state index < -0.39 is 9.84 Å². The minimum Gasteiger partial charge on any atom is -0.302 e. The zero-order chi connectivity index (χ0) is 24.5. The van der Waals surface area contributed by atoms with Crippen LogP contribution in [0.5, 0.6) is 0 Å². The van der Waals surface area contributed by atoms with E-state index in [1.54, 1.807) is 31.2 Å². The second kappa shape index (κ2) is 9.93. The lowest BCUT2D eigenvalue weighted by Gasteiger charge is -2.27. The van der Waals surface area contributed by atoms with Crippen LogP contribution in [0.4, 0.5) is 9.52 Å². The second-order valence-corrected chi connectivity index (χ2v) is 12.2. The fourth-order valence-corrected chi connectivity index (χ4v) is 6.19. The van der Waals surface area contributed by atoms with Gasteiger partial charge in [-0.2, -0.15) is 0 Å². The van der Waals surface area contributed by atoms with Crippen LogP contribution in [0.1, 0.15) is 48.5 Å². The third kappa shape index (κ3) is 5.37. The van der Waals surface area contributed by atoms with Crippen LogP contribution < -0.4 is 5.32 Å². The van der Waals surface area contributed by atoms with Gasteiger partial charge in [-0.3, -0.25) is 9.69 Å². The highest BCUT2D eigenvalue weighted by Gasteiger charge is 2.36. The summed E-state index contributed by atoms with van der Waals surface area (Å²) in [6.07, 6.45) is 0.140. The average Bonchev–Trinajstić information content (AvgIpc) is 3.31. The van der Waals surface area contributed by atoms with Gasteiger partial charge >= 0.3 is 0 Å². The number of hydrogen-bond donors (Lipinski definition) is 1. The summed E-state index contributed by atoms with van der Waals surface area (Å²) in [6, 6.07) is 13.1. The predicted molar refractivity (Wildman–Crippen MR) is 132 cm³/mol. The Labute approximate surface area is 203 Å². The first-order valence-electron chi connectivity index (χ1n) is 11.3. The van der Waals surface area contributed by atoms with E-state index in [9.17, 15) is 17.6 Å². The minimum atomic E-state index is -3.26. The number of amides is 1. The molecule has 1 N–H and O–H groups in total. The van der Waals surface area contributed by atoms with Gasteiger partial charge < -0.3 is 5.32 Å². The summed E-state index contributed by atoms with van der Waals surface area (Å²) in [7, 11) is -3.26. The number of benzene rings is 2. The number of rotatable bonds is 8. The second-order valence-electron chi connectivity index (χ2n) is 8.82. The van der Waals surface area contributed by atoms with E-state index in [1.165, 1.54) is 23.5 Å². The number of anilines is 1. The number of aromatic nitrogens is 1. The Kier molecular flexibility index (Phi) is 7.16. The fourth-order valence-electron chi connectivity index (χ4n) is 4.26. The number of hydrogen-bond acceptors (Lipinski definition) is 6. The monoisotopic (exact) mass is 501 g/mol. The smallest absolute Gasteiger partial charge is 0.230 e. The minimum absolute atomic E-state index is 0.0419. The van der Waals surface area contributed by atoms with Crippen LogP contribution >= 0.6 is 11.3 Å². The van der Waals surface area contributed by atoms with Crippen LogP contribution in [0.3, 0.4) is 0 Å². The number of carbonyl (C=O) groups is 1. The lowest BCUT2D eigenvalue weighted by atomic mass is 10.0. The van der Waals surface area contributed by atoms with Gasteiger partial charge in [0.25, 0.3) is 0 Å². The number of nitrogens with zero attached hydrogens (tertiary/aromatic N) is 2. The molecule has 0 unspecified atom stereocenters. The molecular formula is C25H28FN3O3S2. The van der Waals surface area contributed by atoms with Crippen LogP contribution in [0.15, 0.2) is 53.4 Å². The van der Waals surface area contributed by atoms with Crippen molar-refractivity contribution in [1.82, 2.24) is 9.88 Å². The van der Waals surface area contributed by atoms with E-state index in [4.69, 9.17) is 4.98 Å². The molecule has 0 radical (unpaired) electrons. The van der Waals surface area contributed by atoms with Crippen LogP contribution in [0.25, 0.3) is 0 Å². The molecule has 34 heavy (non-hydrogen) atoms. The molecule has 1 atom stereocenters. The first kappa shape index (κ1) is 24.5. The van der Waals surface area contributed by atoms with Gasteiger partial charge in [-0.05, 0) is 41.3 Å².